The van der Waals surface area contributed by atoms with Gasteiger partial charge in [-0.2, -0.15) is 0 Å². The number of amides is 1. The first-order valence-electron chi connectivity index (χ1n) is 8.42. The predicted octanol–water partition coefficient (Wildman–Crippen LogP) is 3.64. The van der Waals surface area contributed by atoms with Crippen molar-refractivity contribution in [3.05, 3.63) is 54.1 Å². The van der Waals surface area contributed by atoms with Gasteiger partial charge in [-0.25, -0.2) is 4.98 Å². The average molecular weight is 373 g/mol. The number of rotatable bonds is 4. The number of imidazole rings is 1. The number of para-hydroxylation sites is 2. The smallest absolute Gasteiger partial charge is 0.237 e. The maximum Gasteiger partial charge on any atom is 0.237 e. The van der Waals surface area contributed by atoms with Gasteiger partial charge >= 0.3 is 0 Å². The van der Waals surface area contributed by atoms with Crippen molar-refractivity contribution < 1.29 is 4.79 Å². The van der Waals surface area contributed by atoms with Crippen molar-refractivity contribution in [1.82, 2.24) is 15.3 Å². The molecule has 5 nitrogen and oxygen atoms in total. The summed E-state index contributed by atoms with van der Waals surface area (Å²) in [5.41, 5.74) is 9.72. The number of H-pyrrole nitrogens is 1. The molecule has 1 aromatic heterocycles. The lowest BCUT2D eigenvalue weighted by atomic mass is 9.87. The zero-order valence-corrected chi connectivity index (χ0v) is 16.1. The van der Waals surface area contributed by atoms with Crippen LogP contribution in [0.5, 0.6) is 0 Å². The van der Waals surface area contributed by atoms with Crippen LogP contribution in [0, 0.1) is 5.41 Å². The first-order chi connectivity index (χ1) is 11.8. The van der Waals surface area contributed by atoms with Gasteiger partial charge in [0.05, 0.1) is 17.1 Å². The second-order valence-electron chi connectivity index (χ2n) is 7.36. The molecular weight excluding hydrogens is 348 g/mol. The van der Waals surface area contributed by atoms with Gasteiger partial charge in [-0.3, -0.25) is 4.79 Å². The number of nitrogens with one attached hydrogen (secondary N) is 2. The lowest BCUT2D eigenvalue weighted by molar-refractivity contribution is -0.124. The van der Waals surface area contributed by atoms with E-state index in [1.54, 1.807) is 0 Å². The third-order valence-electron chi connectivity index (χ3n) is 4.30. The van der Waals surface area contributed by atoms with E-state index < -0.39 is 6.04 Å². The van der Waals surface area contributed by atoms with Crippen LogP contribution < -0.4 is 11.1 Å². The SMILES string of the molecule is CC(C)(C)[C@H](N)C(=O)NCc1ccc(-c2nc3ccccc3[nH]2)cc1.Cl. The zero-order chi connectivity index (χ0) is 18.0. The van der Waals surface area contributed by atoms with Crippen LogP contribution in [0.25, 0.3) is 22.4 Å². The second-order valence-corrected chi connectivity index (χ2v) is 7.36. The Bertz CT molecular complexity index is 848. The molecule has 3 aromatic rings. The molecule has 0 saturated carbocycles. The molecule has 6 heteroatoms. The quantitative estimate of drug-likeness (QED) is 0.653. The topological polar surface area (TPSA) is 83.8 Å². The van der Waals surface area contributed by atoms with Gasteiger partial charge in [0.15, 0.2) is 0 Å². The Morgan fingerprint density at radius 2 is 1.81 bits per heavy atom. The maximum atomic E-state index is 12.1. The highest BCUT2D eigenvalue weighted by Crippen LogP contribution is 2.21. The normalized spacial score (nSPS) is 12.5. The van der Waals surface area contributed by atoms with Gasteiger partial charge in [0.25, 0.3) is 0 Å². The van der Waals surface area contributed by atoms with E-state index in [4.69, 9.17) is 5.73 Å². The van der Waals surface area contributed by atoms with E-state index in [9.17, 15) is 4.79 Å². The average Bonchev–Trinajstić information content (AvgIpc) is 3.02. The predicted molar refractivity (Wildman–Crippen MR) is 108 cm³/mol. The third kappa shape index (κ3) is 4.42. The zero-order valence-electron chi connectivity index (χ0n) is 15.2. The summed E-state index contributed by atoms with van der Waals surface area (Å²) >= 11 is 0. The molecule has 1 heterocycles. The number of fused-ring (bicyclic) bond motifs is 1. The molecule has 1 atom stereocenters. The molecule has 0 aliphatic carbocycles. The number of nitrogens with zero attached hydrogens (tertiary/aromatic N) is 1. The number of hydrogen-bond acceptors (Lipinski definition) is 3. The monoisotopic (exact) mass is 372 g/mol. The molecule has 0 aliphatic heterocycles. The van der Waals surface area contributed by atoms with Gasteiger partial charge in [-0.15, -0.1) is 12.4 Å². The Morgan fingerprint density at radius 1 is 1.15 bits per heavy atom. The highest BCUT2D eigenvalue weighted by molar-refractivity contribution is 5.85. The van der Waals surface area contributed by atoms with Crippen LogP contribution >= 0.6 is 12.4 Å². The highest BCUT2D eigenvalue weighted by Gasteiger charge is 2.27. The molecule has 138 valence electrons. The molecule has 4 N–H and O–H groups in total. The minimum absolute atomic E-state index is 0. The van der Waals surface area contributed by atoms with Gasteiger partial charge in [-0.05, 0) is 23.1 Å². The second kappa shape index (κ2) is 7.89. The standard InChI is InChI=1S/C20H24N4O.ClH/c1-20(2,3)17(21)19(25)22-12-13-8-10-14(11-9-13)18-23-15-6-4-5-7-16(15)24-18;/h4-11,17H,12,21H2,1-3H3,(H,22,25)(H,23,24);1H/t17-;/m1./s1. The number of carbonyl (C=O) groups excluding carboxylic acids is 1. The molecule has 0 aliphatic rings. The van der Waals surface area contributed by atoms with E-state index >= 15 is 0 Å². The van der Waals surface area contributed by atoms with E-state index in [1.807, 2.05) is 69.3 Å². The van der Waals surface area contributed by atoms with Crippen LogP contribution in [-0.2, 0) is 11.3 Å². The Hall–Kier alpha value is -2.37. The van der Waals surface area contributed by atoms with Crippen molar-refractivity contribution in [2.75, 3.05) is 0 Å². The summed E-state index contributed by atoms with van der Waals surface area (Å²) in [5.74, 6) is 0.709. The molecule has 0 saturated heterocycles. The fourth-order valence-corrected chi connectivity index (χ4v) is 2.56. The molecule has 2 aromatic carbocycles. The Kier molecular flexibility index (Phi) is 6.05. The van der Waals surface area contributed by atoms with Gasteiger partial charge in [-0.1, -0.05) is 57.2 Å². The minimum Gasteiger partial charge on any atom is -0.351 e. The van der Waals surface area contributed by atoms with Crippen LogP contribution in [0.1, 0.15) is 26.3 Å². The summed E-state index contributed by atoms with van der Waals surface area (Å²) in [6.07, 6.45) is 0. The van der Waals surface area contributed by atoms with Crippen LogP contribution in [0.15, 0.2) is 48.5 Å². The van der Waals surface area contributed by atoms with E-state index in [-0.39, 0.29) is 23.7 Å². The minimum atomic E-state index is -0.526. The maximum absolute atomic E-state index is 12.1. The van der Waals surface area contributed by atoms with Crippen molar-refractivity contribution in [1.29, 1.82) is 0 Å². The van der Waals surface area contributed by atoms with Gasteiger partial charge in [0.1, 0.15) is 5.82 Å². The van der Waals surface area contributed by atoms with Crippen LogP contribution in [0.3, 0.4) is 0 Å². The molecule has 26 heavy (non-hydrogen) atoms. The highest BCUT2D eigenvalue weighted by atomic mass is 35.5. The summed E-state index contributed by atoms with van der Waals surface area (Å²) in [5, 5.41) is 2.90. The fourth-order valence-electron chi connectivity index (χ4n) is 2.56. The van der Waals surface area contributed by atoms with Gasteiger partial charge in [0, 0.05) is 12.1 Å². The van der Waals surface area contributed by atoms with Gasteiger partial charge < -0.3 is 16.0 Å². The number of aromatic nitrogens is 2. The lowest BCUT2D eigenvalue weighted by Crippen LogP contribution is -2.48. The fraction of sp³-hybridized carbons (Fsp3) is 0.300. The molecule has 0 bridgehead atoms. The van der Waals surface area contributed by atoms with Crippen LogP contribution in [0.2, 0.25) is 0 Å². The van der Waals surface area contributed by atoms with Crippen LogP contribution in [0.4, 0.5) is 0 Å². The van der Waals surface area contributed by atoms with E-state index in [0.717, 1.165) is 28.0 Å². The number of carbonyl (C=O) groups is 1. The van der Waals surface area contributed by atoms with E-state index in [0.29, 0.717) is 6.54 Å². The molecule has 0 unspecified atom stereocenters. The molecule has 3 rings (SSSR count). The number of halogens is 1. The summed E-state index contributed by atoms with van der Waals surface area (Å²) < 4.78 is 0. The number of benzene rings is 2. The number of nitrogens with two attached hydrogens (primary N) is 1. The van der Waals surface area contributed by atoms with Crippen molar-refractivity contribution in [2.24, 2.45) is 11.1 Å². The van der Waals surface area contributed by atoms with Gasteiger partial charge in [0.2, 0.25) is 5.91 Å². The Morgan fingerprint density at radius 3 is 2.42 bits per heavy atom. The first-order valence-corrected chi connectivity index (χ1v) is 8.42. The van der Waals surface area contributed by atoms with Crippen molar-refractivity contribution in [2.45, 2.75) is 33.4 Å². The summed E-state index contributed by atoms with van der Waals surface area (Å²) in [4.78, 5) is 20.0. The van der Waals surface area contributed by atoms with E-state index in [2.05, 4.69) is 15.3 Å². The Labute approximate surface area is 159 Å². The number of hydrogen-bond donors (Lipinski definition) is 3. The van der Waals surface area contributed by atoms with Crippen molar-refractivity contribution >= 4 is 29.3 Å². The molecule has 1 amide bonds. The summed E-state index contributed by atoms with van der Waals surface area (Å²) in [6, 6.07) is 15.4. The van der Waals surface area contributed by atoms with E-state index in [1.165, 1.54) is 0 Å². The molecule has 0 spiro atoms. The molecule has 0 fully saturated rings. The Balaban J connectivity index is 0.00000243. The van der Waals surface area contributed by atoms with Crippen molar-refractivity contribution in [3.8, 4) is 11.4 Å². The summed E-state index contributed by atoms with van der Waals surface area (Å²) in [7, 11) is 0. The third-order valence-corrected chi connectivity index (χ3v) is 4.30. The lowest BCUT2D eigenvalue weighted by Gasteiger charge is -2.25. The summed E-state index contributed by atoms with van der Waals surface area (Å²) in [6.45, 7) is 6.33. The largest absolute Gasteiger partial charge is 0.351 e. The number of aromatic amines is 1. The molecular formula is C20H25ClN4O. The first kappa shape index (κ1) is 19.9. The van der Waals surface area contributed by atoms with Crippen molar-refractivity contribution in [3.63, 3.8) is 0 Å². The molecule has 0 radical (unpaired) electrons. The van der Waals surface area contributed by atoms with Crippen LogP contribution in [-0.4, -0.2) is 21.9 Å².